The number of allylic oxidation sites excluding steroid dienone is 3. The molecular weight excluding hydrogens is 487 g/mol. The van der Waals surface area contributed by atoms with E-state index in [9.17, 15) is 8.42 Å². The van der Waals surface area contributed by atoms with E-state index in [0.29, 0.717) is 22.9 Å². The van der Waals surface area contributed by atoms with Crippen molar-refractivity contribution in [1.29, 1.82) is 0 Å². The van der Waals surface area contributed by atoms with Crippen LogP contribution in [0.5, 0.6) is 0 Å². The van der Waals surface area contributed by atoms with E-state index < -0.39 is 9.84 Å². The molecule has 3 aromatic rings. The van der Waals surface area contributed by atoms with Gasteiger partial charge in [0.2, 0.25) is 0 Å². The number of likely N-dealkylation sites (tertiary alicyclic amines) is 1. The second-order valence-corrected chi connectivity index (χ2v) is 12.2. The van der Waals surface area contributed by atoms with Crippen LogP contribution in [0.3, 0.4) is 0 Å². The zero-order valence-corrected chi connectivity index (χ0v) is 22.5. The standard InChI is InChI=1S/C29H33FN4O2S/c1-20(2)33-16-5-6-23(15-19-33)34-17-13-21(14-18-34)25-11-12-26-28(27(25)30)32(3)29(31-26)22-7-9-24(10-8-22)37(4,35)36/h5-12,15-16,19-21H,13-14,17-18H2,1-4H3. The van der Waals surface area contributed by atoms with Gasteiger partial charge in [-0.25, -0.2) is 17.8 Å². The third-order valence-electron chi connectivity index (χ3n) is 7.38. The van der Waals surface area contributed by atoms with Crippen LogP contribution in [0.15, 0.2) is 77.6 Å². The molecule has 2 aliphatic heterocycles. The van der Waals surface area contributed by atoms with Gasteiger partial charge in [0.05, 0.1) is 10.4 Å². The fraction of sp³-hybridized carbons (Fsp3) is 0.345. The van der Waals surface area contributed by atoms with E-state index in [1.807, 2.05) is 19.2 Å². The van der Waals surface area contributed by atoms with E-state index in [1.165, 1.54) is 12.0 Å². The number of benzene rings is 2. The first kappa shape index (κ1) is 25.3. The number of piperidine rings is 1. The highest BCUT2D eigenvalue weighted by Crippen LogP contribution is 2.35. The Hall–Kier alpha value is -3.39. The van der Waals surface area contributed by atoms with Crippen molar-refractivity contribution in [3.05, 3.63) is 84.1 Å². The number of halogens is 1. The second kappa shape index (κ2) is 9.82. The van der Waals surface area contributed by atoms with Crippen molar-refractivity contribution >= 4 is 20.9 Å². The minimum atomic E-state index is -3.28. The highest BCUT2D eigenvalue weighted by atomic mass is 32.2. The minimum absolute atomic E-state index is 0.145. The topological polar surface area (TPSA) is 58.4 Å². The first-order chi connectivity index (χ1) is 17.6. The molecular formula is C29H33FN4O2S. The molecule has 1 aromatic heterocycles. The van der Waals surface area contributed by atoms with Gasteiger partial charge in [-0.2, -0.15) is 0 Å². The lowest BCUT2D eigenvalue weighted by atomic mass is 9.88. The Balaban J connectivity index is 1.36. The molecule has 0 amide bonds. The monoisotopic (exact) mass is 520 g/mol. The van der Waals surface area contributed by atoms with Gasteiger partial charge in [0.25, 0.3) is 0 Å². The molecule has 37 heavy (non-hydrogen) atoms. The summed E-state index contributed by atoms with van der Waals surface area (Å²) in [7, 11) is -1.47. The molecule has 2 aromatic carbocycles. The summed E-state index contributed by atoms with van der Waals surface area (Å²) in [5, 5.41) is 0. The molecule has 0 N–H and O–H groups in total. The Labute approximate surface area is 218 Å². The van der Waals surface area contributed by atoms with Gasteiger partial charge in [-0.15, -0.1) is 0 Å². The number of fused-ring (bicyclic) bond motifs is 1. The van der Waals surface area contributed by atoms with Crippen LogP contribution in [-0.2, 0) is 16.9 Å². The molecule has 0 bridgehead atoms. The van der Waals surface area contributed by atoms with Crippen molar-refractivity contribution in [3.63, 3.8) is 0 Å². The molecule has 0 spiro atoms. The number of nitrogens with zero attached hydrogens (tertiary/aromatic N) is 4. The molecule has 1 fully saturated rings. The number of hydrogen-bond donors (Lipinski definition) is 0. The van der Waals surface area contributed by atoms with E-state index in [-0.39, 0.29) is 16.6 Å². The number of rotatable bonds is 5. The molecule has 0 saturated carbocycles. The predicted molar refractivity (Wildman–Crippen MR) is 146 cm³/mol. The highest BCUT2D eigenvalue weighted by Gasteiger charge is 2.26. The maximum absolute atomic E-state index is 15.9. The maximum atomic E-state index is 15.9. The van der Waals surface area contributed by atoms with E-state index >= 15 is 4.39 Å². The SMILES string of the molecule is CC(C)N1C=CC=C(N2CCC(c3ccc4nc(-c5ccc(S(C)(=O)=O)cc5)n(C)c4c3F)CC2)C=C1. The molecule has 0 unspecified atom stereocenters. The fourth-order valence-electron chi connectivity index (χ4n) is 5.21. The molecule has 2 aliphatic rings. The molecule has 8 heteroatoms. The molecule has 194 valence electrons. The van der Waals surface area contributed by atoms with Crippen molar-refractivity contribution < 1.29 is 12.8 Å². The number of hydrogen-bond acceptors (Lipinski definition) is 5. The second-order valence-electron chi connectivity index (χ2n) is 10.2. The minimum Gasteiger partial charge on any atom is -0.371 e. The Morgan fingerprint density at radius 1 is 1.03 bits per heavy atom. The van der Waals surface area contributed by atoms with Gasteiger partial charge in [0.15, 0.2) is 15.7 Å². The van der Waals surface area contributed by atoms with Crippen molar-refractivity contribution in [2.45, 2.75) is 43.5 Å². The van der Waals surface area contributed by atoms with Gasteiger partial charge in [0.1, 0.15) is 11.3 Å². The quantitative estimate of drug-likeness (QED) is 0.439. The summed E-state index contributed by atoms with van der Waals surface area (Å²) in [6.45, 7) is 6.07. The lowest BCUT2D eigenvalue weighted by Gasteiger charge is -2.34. The van der Waals surface area contributed by atoms with E-state index in [4.69, 9.17) is 0 Å². The van der Waals surface area contributed by atoms with Crippen molar-refractivity contribution in [2.75, 3.05) is 19.3 Å². The van der Waals surface area contributed by atoms with Crippen LogP contribution in [0.1, 0.15) is 38.2 Å². The van der Waals surface area contributed by atoms with Crippen LogP contribution in [0.25, 0.3) is 22.4 Å². The lowest BCUT2D eigenvalue weighted by molar-refractivity contribution is 0.267. The van der Waals surface area contributed by atoms with E-state index in [1.54, 1.807) is 28.8 Å². The Morgan fingerprint density at radius 2 is 1.73 bits per heavy atom. The Bertz CT molecular complexity index is 1510. The van der Waals surface area contributed by atoms with Crippen LogP contribution >= 0.6 is 0 Å². The summed E-state index contributed by atoms with van der Waals surface area (Å²) in [5.74, 6) is 0.539. The van der Waals surface area contributed by atoms with Crippen molar-refractivity contribution in [3.8, 4) is 11.4 Å². The summed E-state index contributed by atoms with van der Waals surface area (Å²) in [6.07, 6.45) is 13.5. The van der Waals surface area contributed by atoms with Crippen LogP contribution in [-0.4, -0.2) is 53.2 Å². The smallest absolute Gasteiger partial charge is 0.175 e. The summed E-state index contributed by atoms with van der Waals surface area (Å²) in [6, 6.07) is 10.8. The van der Waals surface area contributed by atoms with E-state index in [0.717, 1.165) is 37.1 Å². The normalized spacial score (nSPS) is 17.1. The molecule has 0 atom stereocenters. The zero-order chi connectivity index (χ0) is 26.3. The number of imidazole rings is 1. The summed E-state index contributed by atoms with van der Waals surface area (Å²) in [4.78, 5) is 9.47. The van der Waals surface area contributed by atoms with Crippen LogP contribution in [0.2, 0.25) is 0 Å². The summed E-state index contributed by atoms with van der Waals surface area (Å²) in [5.41, 5.74) is 3.75. The molecule has 1 saturated heterocycles. The molecule has 0 aliphatic carbocycles. The average molecular weight is 521 g/mol. The third kappa shape index (κ3) is 4.94. The number of sulfone groups is 1. The van der Waals surface area contributed by atoms with Crippen LogP contribution in [0.4, 0.5) is 4.39 Å². The van der Waals surface area contributed by atoms with Crippen molar-refractivity contribution in [1.82, 2.24) is 19.4 Å². The number of aryl methyl sites for hydroxylation is 1. The molecule has 3 heterocycles. The van der Waals surface area contributed by atoms with Gasteiger partial charge < -0.3 is 14.4 Å². The molecule has 6 nitrogen and oxygen atoms in total. The molecule has 0 radical (unpaired) electrons. The Morgan fingerprint density at radius 3 is 2.38 bits per heavy atom. The number of aromatic nitrogens is 2. The van der Waals surface area contributed by atoms with Gasteiger partial charge in [0, 0.05) is 56.1 Å². The van der Waals surface area contributed by atoms with Gasteiger partial charge in [-0.1, -0.05) is 6.07 Å². The summed E-state index contributed by atoms with van der Waals surface area (Å²) >= 11 is 0. The van der Waals surface area contributed by atoms with Crippen molar-refractivity contribution in [2.24, 2.45) is 7.05 Å². The van der Waals surface area contributed by atoms with Crippen LogP contribution < -0.4 is 0 Å². The van der Waals surface area contributed by atoms with Gasteiger partial charge in [-0.05, 0) is 86.7 Å². The maximum Gasteiger partial charge on any atom is 0.175 e. The lowest BCUT2D eigenvalue weighted by Crippen LogP contribution is -2.32. The highest BCUT2D eigenvalue weighted by molar-refractivity contribution is 7.90. The first-order valence-corrected chi connectivity index (χ1v) is 14.6. The first-order valence-electron chi connectivity index (χ1n) is 12.7. The largest absolute Gasteiger partial charge is 0.371 e. The van der Waals surface area contributed by atoms with Gasteiger partial charge >= 0.3 is 0 Å². The van der Waals surface area contributed by atoms with Gasteiger partial charge in [-0.3, -0.25) is 0 Å². The molecule has 5 rings (SSSR count). The predicted octanol–water partition coefficient (Wildman–Crippen LogP) is 5.60. The zero-order valence-electron chi connectivity index (χ0n) is 21.7. The van der Waals surface area contributed by atoms with E-state index in [2.05, 4.69) is 59.3 Å². The third-order valence-corrected chi connectivity index (χ3v) is 8.51. The fourth-order valence-corrected chi connectivity index (χ4v) is 5.84. The summed E-state index contributed by atoms with van der Waals surface area (Å²) < 4.78 is 41.3. The average Bonchev–Trinajstić information content (AvgIpc) is 3.03. The Kier molecular flexibility index (Phi) is 6.70. The van der Waals surface area contributed by atoms with Crippen LogP contribution in [0, 0.1) is 5.82 Å².